The highest BCUT2D eigenvalue weighted by Crippen LogP contribution is 2.31. The lowest BCUT2D eigenvalue weighted by molar-refractivity contribution is -0.153. The van der Waals surface area contributed by atoms with Gasteiger partial charge in [0.25, 0.3) is 0 Å². The summed E-state index contributed by atoms with van der Waals surface area (Å²) >= 11 is 0. The van der Waals surface area contributed by atoms with Crippen LogP contribution in [0.3, 0.4) is 0 Å². The number of carboxylic acid groups (broad SMARTS) is 1. The molecule has 0 bridgehead atoms. The van der Waals surface area contributed by atoms with Crippen molar-refractivity contribution >= 4 is 11.9 Å². The molecule has 1 fully saturated rings. The first kappa shape index (κ1) is 15.0. The molecule has 1 rings (SSSR count). The molecule has 104 valence electrons. The summed E-state index contributed by atoms with van der Waals surface area (Å²) in [6.07, 6.45) is 1.87. The number of aliphatic carboxylic acids is 1. The molecule has 1 saturated heterocycles. The first-order valence-electron chi connectivity index (χ1n) is 6.59. The van der Waals surface area contributed by atoms with Gasteiger partial charge in [-0.25, -0.2) is 0 Å². The molecule has 1 amide bonds. The summed E-state index contributed by atoms with van der Waals surface area (Å²) in [5.74, 6) is -1.13. The predicted octanol–water partition coefficient (Wildman–Crippen LogP) is 0.992. The van der Waals surface area contributed by atoms with Gasteiger partial charge in [-0.1, -0.05) is 13.8 Å². The third-order valence-electron chi connectivity index (χ3n) is 3.99. The maximum atomic E-state index is 11.9. The quantitative estimate of drug-likeness (QED) is 0.685. The molecule has 1 aliphatic rings. The van der Waals surface area contributed by atoms with E-state index in [9.17, 15) is 14.7 Å². The maximum absolute atomic E-state index is 11.9. The average Bonchev–Trinajstić information content (AvgIpc) is 2.29. The van der Waals surface area contributed by atoms with Crippen LogP contribution in [0.1, 0.15) is 40.0 Å². The summed E-state index contributed by atoms with van der Waals surface area (Å²) < 4.78 is 0. The molecule has 3 N–H and O–H groups in total. The zero-order valence-corrected chi connectivity index (χ0v) is 11.5. The SMILES string of the molecule is CC(C)C(C)(CC(=O)NC1CCNCC1)C(=O)O. The van der Waals surface area contributed by atoms with Crippen LogP contribution >= 0.6 is 0 Å². The van der Waals surface area contributed by atoms with E-state index in [4.69, 9.17) is 0 Å². The fourth-order valence-corrected chi connectivity index (χ4v) is 2.11. The van der Waals surface area contributed by atoms with Gasteiger partial charge < -0.3 is 15.7 Å². The first-order chi connectivity index (χ1) is 8.36. The summed E-state index contributed by atoms with van der Waals surface area (Å²) in [5.41, 5.74) is -0.989. The van der Waals surface area contributed by atoms with E-state index in [-0.39, 0.29) is 24.3 Å². The number of nitrogens with one attached hydrogen (secondary N) is 2. The molecule has 0 radical (unpaired) electrons. The Morgan fingerprint density at radius 3 is 2.39 bits per heavy atom. The highest BCUT2D eigenvalue weighted by atomic mass is 16.4. The minimum Gasteiger partial charge on any atom is -0.481 e. The Balaban J connectivity index is 2.53. The number of hydrogen-bond donors (Lipinski definition) is 3. The summed E-state index contributed by atoms with van der Waals surface area (Å²) in [7, 11) is 0. The molecule has 0 aliphatic carbocycles. The fraction of sp³-hybridized carbons (Fsp3) is 0.846. The summed E-state index contributed by atoms with van der Waals surface area (Å²) in [5, 5.41) is 15.4. The van der Waals surface area contributed by atoms with Crippen molar-refractivity contribution in [1.82, 2.24) is 10.6 Å². The highest BCUT2D eigenvalue weighted by Gasteiger charge is 2.39. The molecule has 0 aromatic carbocycles. The monoisotopic (exact) mass is 256 g/mol. The van der Waals surface area contributed by atoms with E-state index in [1.165, 1.54) is 0 Å². The minimum atomic E-state index is -0.989. The van der Waals surface area contributed by atoms with Crippen molar-refractivity contribution in [2.45, 2.75) is 46.1 Å². The molecule has 0 spiro atoms. The standard InChI is InChI=1S/C13H24N2O3/c1-9(2)13(3,12(17)18)8-11(16)15-10-4-6-14-7-5-10/h9-10,14H,4-8H2,1-3H3,(H,15,16)(H,17,18). The van der Waals surface area contributed by atoms with Crippen LogP contribution in [0, 0.1) is 11.3 Å². The third kappa shape index (κ3) is 3.70. The van der Waals surface area contributed by atoms with Crippen LogP contribution in [0.25, 0.3) is 0 Å². The van der Waals surface area contributed by atoms with Crippen LogP contribution < -0.4 is 10.6 Å². The molecule has 18 heavy (non-hydrogen) atoms. The number of carboxylic acids is 1. The van der Waals surface area contributed by atoms with Gasteiger partial charge >= 0.3 is 5.97 Å². The molecule has 1 unspecified atom stereocenters. The molecule has 0 aromatic heterocycles. The summed E-state index contributed by atoms with van der Waals surface area (Å²) in [6, 6.07) is 0.184. The second kappa shape index (κ2) is 6.18. The first-order valence-corrected chi connectivity index (χ1v) is 6.59. The average molecular weight is 256 g/mol. The van der Waals surface area contributed by atoms with Gasteiger partial charge in [-0.2, -0.15) is 0 Å². The number of piperidine rings is 1. The molecular weight excluding hydrogens is 232 g/mol. The largest absolute Gasteiger partial charge is 0.481 e. The Morgan fingerprint density at radius 2 is 1.94 bits per heavy atom. The van der Waals surface area contributed by atoms with Crippen LogP contribution in [0.2, 0.25) is 0 Å². The second-order valence-corrected chi connectivity index (χ2v) is 5.65. The van der Waals surface area contributed by atoms with Crippen LogP contribution in [0.15, 0.2) is 0 Å². The van der Waals surface area contributed by atoms with E-state index in [0.29, 0.717) is 0 Å². The van der Waals surface area contributed by atoms with E-state index < -0.39 is 11.4 Å². The van der Waals surface area contributed by atoms with Gasteiger partial charge in [0.15, 0.2) is 0 Å². The summed E-state index contributed by atoms with van der Waals surface area (Å²) in [6.45, 7) is 7.14. The maximum Gasteiger partial charge on any atom is 0.310 e. The molecular formula is C13H24N2O3. The van der Waals surface area contributed by atoms with Gasteiger partial charge in [0.2, 0.25) is 5.91 Å². The molecule has 0 aromatic rings. The van der Waals surface area contributed by atoms with Crippen LogP contribution in [0.4, 0.5) is 0 Å². The van der Waals surface area contributed by atoms with Gasteiger partial charge in [0.1, 0.15) is 0 Å². The van der Waals surface area contributed by atoms with Gasteiger partial charge in [-0.05, 0) is 38.8 Å². The van der Waals surface area contributed by atoms with Crippen molar-refractivity contribution in [3.8, 4) is 0 Å². The van der Waals surface area contributed by atoms with Crippen molar-refractivity contribution < 1.29 is 14.7 Å². The Kier molecular flexibility index (Phi) is 5.14. The highest BCUT2D eigenvalue weighted by molar-refractivity contribution is 5.85. The van der Waals surface area contributed by atoms with Gasteiger partial charge in [-0.3, -0.25) is 9.59 Å². The number of carbonyl (C=O) groups is 2. The second-order valence-electron chi connectivity index (χ2n) is 5.65. The van der Waals surface area contributed by atoms with E-state index in [1.54, 1.807) is 6.92 Å². The fourth-order valence-electron chi connectivity index (χ4n) is 2.11. The lowest BCUT2D eigenvalue weighted by Gasteiger charge is -2.30. The zero-order valence-electron chi connectivity index (χ0n) is 11.5. The smallest absolute Gasteiger partial charge is 0.310 e. The number of carbonyl (C=O) groups excluding carboxylic acids is 1. The van der Waals surface area contributed by atoms with E-state index in [2.05, 4.69) is 10.6 Å². The van der Waals surface area contributed by atoms with Crippen molar-refractivity contribution in [3.63, 3.8) is 0 Å². The predicted molar refractivity (Wildman–Crippen MR) is 69.2 cm³/mol. The van der Waals surface area contributed by atoms with Crippen LogP contribution in [0.5, 0.6) is 0 Å². The molecule has 1 aliphatic heterocycles. The van der Waals surface area contributed by atoms with Crippen LogP contribution in [-0.4, -0.2) is 36.1 Å². The Bertz CT molecular complexity index is 311. The van der Waals surface area contributed by atoms with Crippen molar-refractivity contribution in [2.75, 3.05) is 13.1 Å². The topological polar surface area (TPSA) is 78.4 Å². The summed E-state index contributed by atoms with van der Waals surface area (Å²) in [4.78, 5) is 23.2. The number of rotatable bonds is 5. The van der Waals surface area contributed by atoms with Crippen molar-refractivity contribution in [3.05, 3.63) is 0 Å². The molecule has 1 atom stereocenters. The Morgan fingerprint density at radius 1 is 1.39 bits per heavy atom. The minimum absolute atomic E-state index is 0.0456. The van der Waals surface area contributed by atoms with E-state index >= 15 is 0 Å². The van der Waals surface area contributed by atoms with Gasteiger partial charge in [0.05, 0.1) is 5.41 Å². The zero-order chi connectivity index (χ0) is 13.8. The lowest BCUT2D eigenvalue weighted by atomic mass is 9.76. The number of hydrogen-bond acceptors (Lipinski definition) is 3. The molecule has 5 heteroatoms. The molecule has 1 heterocycles. The molecule has 5 nitrogen and oxygen atoms in total. The van der Waals surface area contributed by atoms with Crippen LogP contribution in [-0.2, 0) is 9.59 Å². The van der Waals surface area contributed by atoms with Gasteiger partial charge in [-0.15, -0.1) is 0 Å². The Hall–Kier alpha value is -1.10. The molecule has 0 saturated carbocycles. The van der Waals surface area contributed by atoms with Gasteiger partial charge in [0, 0.05) is 12.5 Å². The Labute approximate surface area is 108 Å². The normalized spacial score (nSPS) is 20.4. The van der Waals surface area contributed by atoms with Crippen molar-refractivity contribution in [2.24, 2.45) is 11.3 Å². The lowest BCUT2D eigenvalue weighted by Crippen LogP contribution is -2.45. The van der Waals surface area contributed by atoms with Crippen molar-refractivity contribution in [1.29, 1.82) is 0 Å². The van der Waals surface area contributed by atoms with E-state index in [1.807, 2.05) is 13.8 Å². The third-order valence-corrected chi connectivity index (χ3v) is 3.99. The number of amides is 1. The van der Waals surface area contributed by atoms with E-state index in [0.717, 1.165) is 25.9 Å².